The molecule has 25 heavy (non-hydrogen) atoms. The summed E-state index contributed by atoms with van der Waals surface area (Å²) in [6.45, 7) is 2.56. The average molecular weight is 335 g/mol. The highest BCUT2D eigenvalue weighted by molar-refractivity contribution is 5.85. The lowest BCUT2D eigenvalue weighted by molar-refractivity contribution is -0.122. The molecular weight excluding hydrogens is 310 g/mol. The number of H-pyrrole nitrogens is 1. The van der Waals surface area contributed by atoms with Crippen molar-refractivity contribution in [2.45, 2.75) is 31.7 Å². The normalized spacial score (nSPS) is 13.5. The second kappa shape index (κ2) is 7.99. The molecule has 0 bridgehead atoms. The molecule has 4 heteroatoms. The largest absolute Gasteiger partial charge is 0.361 e. The van der Waals surface area contributed by atoms with Gasteiger partial charge < -0.3 is 16.0 Å². The van der Waals surface area contributed by atoms with Crippen LogP contribution < -0.4 is 11.1 Å². The molecule has 1 aromatic heterocycles. The Hall–Kier alpha value is -2.59. The highest BCUT2D eigenvalue weighted by Gasteiger charge is 2.20. The van der Waals surface area contributed by atoms with Gasteiger partial charge in [-0.2, -0.15) is 0 Å². The Morgan fingerprint density at radius 3 is 2.60 bits per heavy atom. The van der Waals surface area contributed by atoms with Crippen LogP contribution in [0.1, 0.15) is 36.8 Å². The highest BCUT2D eigenvalue weighted by Crippen LogP contribution is 2.30. The van der Waals surface area contributed by atoms with Gasteiger partial charge in [0.15, 0.2) is 0 Å². The van der Waals surface area contributed by atoms with Crippen LogP contribution in [0.3, 0.4) is 0 Å². The van der Waals surface area contributed by atoms with Gasteiger partial charge in [0, 0.05) is 29.6 Å². The molecule has 0 saturated heterocycles. The Morgan fingerprint density at radius 1 is 1.12 bits per heavy atom. The van der Waals surface area contributed by atoms with Gasteiger partial charge in [0.1, 0.15) is 0 Å². The first-order chi connectivity index (χ1) is 12.2. The van der Waals surface area contributed by atoms with Crippen LogP contribution in [-0.4, -0.2) is 23.5 Å². The van der Waals surface area contributed by atoms with E-state index in [1.807, 2.05) is 43.5 Å². The zero-order valence-electron chi connectivity index (χ0n) is 14.5. The van der Waals surface area contributed by atoms with Crippen LogP contribution in [-0.2, 0) is 4.79 Å². The Kier molecular flexibility index (Phi) is 5.51. The topological polar surface area (TPSA) is 70.9 Å². The van der Waals surface area contributed by atoms with E-state index in [-0.39, 0.29) is 11.8 Å². The van der Waals surface area contributed by atoms with Gasteiger partial charge in [-0.1, -0.05) is 61.9 Å². The number of hydrogen-bond donors (Lipinski definition) is 3. The first-order valence-corrected chi connectivity index (χ1v) is 8.85. The lowest BCUT2D eigenvalue weighted by Gasteiger charge is -2.19. The number of carbonyl (C=O) groups is 1. The standard InChI is InChI=1S/C21H25N3O/c1-2-8-19(22)21(25)24-13-17(15-9-4-3-5-10-15)18-14-23-20-12-7-6-11-16(18)20/h3-7,9-12,14,17,19,23H,2,8,13,22H2,1H3,(H,24,25). The Balaban J connectivity index is 1.88. The molecule has 2 atom stereocenters. The summed E-state index contributed by atoms with van der Waals surface area (Å²) in [7, 11) is 0. The van der Waals surface area contributed by atoms with Crippen LogP contribution in [0.4, 0.5) is 0 Å². The summed E-state index contributed by atoms with van der Waals surface area (Å²) in [4.78, 5) is 15.6. The molecule has 0 aliphatic rings. The van der Waals surface area contributed by atoms with Gasteiger partial charge in [-0.25, -0.2) is 0 Å². The Bertz CT molecular complexity index is 825. The van der Waals surface area contributed by atoms with Gasteiger partial charge in [0.2, 0.25) is 5.91 Å². The van der Waals surface area contributed by atoms with Gasteiger partial charge in [-0.15, -0.1) is 0 Å². The fraction of sp³-hybridized carbons (Fsp3) is 0.286. The number of aromatic amines is 1. The van der Waals surface area contributed by atoms with Crippen molar-refractivity contribution in [3.8, 4) is 0 Å². The lowest BCUT2D eigenvalue weighted by atomic mass is 9.91. The van der Waals surface area contributed by atoms with Crippen molar-refractivity contribution in [3.63, 3.8) is 0 Å². The van der Waals surface area contributed by atoms with Crippen LogP contribution in [0, 0.1) is 0 Å². The quantitative estimate of drug-likeness (QED) is 0.618. The molecule has 1 amide bonds. The summed E-state index contributed by atoms with van der Waals surface area (Å²) in [6.07, 6.45) is 3.65. The van der Waals surface area contributed by atoms with Crippen molar-refractivity contribution in [3.05, 3.63) is 71.9 Å². The predicted molar refractivity (Wildman–Crippen MR) is 102 cm³/mol. The summed E-state index contributed by atoms with van der Waals surface area (Å²) in [6, 6.07) is 18.1. The molecule has 1 heterocycles. The first-order valence-electron chi connectivity index (χ1n) is 8.85. The van der Waals surface area contributed by atoms with Crippen molar-refractivity contribution < 1.29 is 4.79 Å². The van der Waals surface area contributed by atoms with Gasteiger partial charge in [0.05, 0.1) is 6.04 Å². The van der Waals surface area contributed by atoms with Crippen LogP contribution in [0.25, 0.3) is 10.9 Å². The predicted octanol–water partition coefficient (Wildman–Crippen LogP) is 3.54. The molecule has 0 aliphatic carbocycles. The lowest BCUT2D eigenvalue weighted by Crippen LogP contribution is -2.42. The van der Waals surface area contributed by atoms with Crippen LogP contribution >= 0.6 is 0 Å². The van der Waals surface area contributed by atoms with E-state index in [2.05, 4.69) is 34.6 Å². The van der Waals surface area contributed by atoms with Crippen molar-refractivity contribution in [1.82, 2.24) is 10.3 Å². The summed E-state index contributed by atoms with van der Waals surface area (Å²) >= 11 is 0. The second-order valence-electron chi connectivity index (χ2n) is 6.39. The fourth-order valence-corrected chi connectivity index (χ4v) is 3.25. The van der Waals surface area contributed by atoms with Crippen LogP contribution in [0.15, 0.2) is 60.8 Å². The molecule has 4 nitrogen and oxygen atoms in total. The molecule has 2 aromatic carbocycles. The molecule has 3 aromatic rings. The average Bonchev–Trinajstić information content (AvgIpc) is 3.07. The molecule has 0 aliphatic heterocycles. The van der Waals surface area contributed by atoms with E-state index in [1.54, 1.807) is 0 Å². The summed E-state index contributed by atoms with van der Waals surface area (Å²) < 4.78 is 0. The summed E-state index contributed by atoms with van der Waals surface area (Å²) in [5.41, 5.74) is 9.41. The van der Waals surface area contributed by atoms with E-state index in [4.69, 9.17) is 5.73 Å². The third kappa shape index (κ3) is 3.91. The number of carbonyl (C=O) groups excluding carboxylic acids is 1. The molecule has 0 spiro atoms. The number of nitrogens with one attached hydrogen (secondary N) is 2. The smallest absolute Gasteiger partial charge is 0.236 e. The molecule has 0 radical (unpaired) electrons. The van der Waals surface area contributed by atoms with E-state index in [0.717, 1.165) is 11.9 Å². The molecule has 0 fully saturated rings. The minimum atomic E-state index is -0.440. The maximum atomic E-state index is 12.3. The molecule has 4 N–H and O–H groups in total. The molecule has 0 saturated carbocycles. The molecule has 3 rings (SSSR count). The van der Waals surface area contributed by atoms with Crippen LogP contribution in [0.2, 0.25) is 0 Å². The minimum absolute atomic E-state index is 0.0788. The Morgan fingerprint density at radius 2 is 1.84 bits per heavy atom. The van der Waals surface area contributed by atoms with Crippen molar-refractivity contribution in [2.75, 3.05) is 6.54 Å². The van der Waals surface area contributed by atoms with Gasteiger partial charge >= 0.3 is 0 Å². The number of rotatable bonds is 7. The molecule has 130 valence electrons. The highest BCUT2D eigenvalue weighted by atomic mass is 16.2. The van der Waals surface area contributed by atoms with Crippen molar-refractivity contribution >= 4 is 16.8 Å². The SMILES string of the molecule is CCCC(N)C(=O)NCC(c1ccccc1)c1c[nH]c2ccccc12. The summed E-state index contributed by atoms with van der Waals surface area (Å²) in [5.74, 6) is -0.00208. The summed E-state index contributed by atoms with van der Waals surface area (Å²) in [5, 5.41) is 4.22. The van der Waals surface area contributed by atoms with Crippen molar-refractivity contribution in [1.29, 1.82) is 0 Å². The fourth-order valence-electron chi connectivity index (χ4n) is 3.25. The number of hydrogen-bond acceptors (Lipinski definition) is 2. The zero-order chi connectivity index (χ0) is 17.6. The van der Waals surface area contributed by atoms with E-state index in [1.165, 1.54) is 16.5 Å². The minimum Gasteiger partial charge on any atom is -0.361 e. The van der Waals surface area contributed by atoms with Crippen molar-refractivity contribution in [2.24, 2.45) is 5.73 Å². The van der Waals surface area contributed by atoms with Crippen LogP contribution in [0.5, 0.6) is 0 Å². The van der Waals surface area contributed by atoms with Gasteiger partial charge in [0.25, 0.3) is 0 Å². The zero-order valence-corrected chi connectivity index (χ0v) is 14.5. The molecule has 2 unspecified atom stereocenters. The Labute approximate surface area is 148 Å². The third-order valence-electron chi connectivity index (χ3n) is 4.62. The van der Waals surface area contributed by atoms with E-state index in [9.17, 15) is 4.79 Å². The number of para-hydroxylation sites is 1. The van der Waals surface area contributed by atoms with Gasteiger partial charge in [-0.05, 0) is 23.6 Å². The number of fused-ring (bicyclic) bond motifs is 1. The number of benzene rings is 2. The van der Waals surface area contributed by atoms with Gasteiger partial charge in [-0.3, -0.25) is 4.79 Å². The first kappa shape index (κ1) is 17.2. The maximum absolute atomic E-state index is 12.3. The van der Waals surface area contributed by atoms with E-state index in [0.29, 0.717) is 13.0 Å². The van der Waals surface area contributed by atoms with E-state index < -0.39 is 6.04 Å². The number of nitrogens with two attached hydrogens (primary N) is 1. The third-order valence-corrected chi connectivity index (χ3v) is 4.62. The maximum Gasteiger partial charge on any atom is 0.236 e. The number of amides is 1. The monoisotopic (exact) mass is 335 g/mol. The van der Waals surface area contributed by atoms with E-state index >= 15 is 0 Å². The number of aromatic nitrogens is 1. The second-order valence-corrected chi connectivity index (χ2v) is 6.39. The molecular formula is C21H25N3O.